The first-order valence-electron chi connectivity index (χ1n) is 11.4. The molecule has 3 rings (SSSR count). The maximum Gasteiger partial charge on any atom is 0.251 e. The van der Waals surface area contributed by atoms with Crippen LogP contribution < -0.4 is 14.8 Å². The molecule has 0 atom stereocenters. The molecule has 0 unspecified atom stereocenters. The van der Waals surface area contributed by atoms with Crippen LogP contribution >= 0.6 is 0 Å². The van der Waals surface area contributed by atoms with Crippen molar-refractivity contribution < 1.29 is 17.9 Å². The molecule has 0 saturated carbocycles. The molecule has 186 valence electrons. The number of nitrogens with one attached hydrogen (secondary N) is 2. The van der Waals surface area contributed by atoms with Crippen molar-refractivity contribution >= 4 is 15.9 Å². The van der Waals surface area contributed by atoms with E-state index in [0.717, 1.165) is 23.2 Å². The molecule has 0 aliphatic rings. The SMILES string of the molecule is COc1ccc(C(=O)NCc2ccccc2-c2ccc(CN(C)C)cc2)cc1S(=O)(=O)NC(C)C. The number of hydrogen-bond acceptors (Lipinski definition) is 5. The Kier molecular flexibility index (Phi) is 8.67. The summed E-state index contributed by atoms with van der Waals surface area (Å²) in [5.74, 6) is -0.192. The summed E-state index contributed by atoms with van der Waals surface area (Å²) < 4.78 is 33.2. The van der Waals surface area contributed by atoms with E-state index in [1.165, 1.54) is 24.8 Å². The van der Waals surface area contributed by atoms with Crippen LogP contribution in [0.5, 0.6) is 5.75 Å². The maximum atomic E-state index is 12.9. The van der Waals surface area contributed by atoms with E-state index >= 15 is 0 Å². The summed E-state index contributed by atoms with van der Waals surface area (Å²) in [6, 6.07) is 20.4. The Balaban J connectivity index is 1.80. The minimum absolute atomic E-state index is 0.0698. The third-order valence-corrected chi connectivity index (χ3v) is 7.01. The van der Waals surface area contributed by atoms with Crippen LogP contribution in [-0.2, 0) is 23.1 Å². The molecular formula is C27H33N3O4S. The van der Waals surface area contributed by atoms with Crippen LogP contribution in [0.15, 0.2) is 71.6 Å². The van der Waals surface area contributed by atoms with Gasteiger partial charge < -0.3 is 15.0 Å². The molecule has 3 aromatic carbocycles. The number of sulfonamides is 1. The molecule has 7 nitrogen and oxygen atoms in total. The van der Waals surface area contributed by atoms with Crippen LogP contribution in [-0.4, -0.2) is 46.5 Å². The van der Waals surface area contributed by atoms with E-state index in [-0.39, 0.29) is 28.2 Å². The number of benzene rings is 3. The predicted octanol–water partition coefficient (Wildman–Crippen LogP) is 4.04. The number of carbonyl (C=O) groups is 1. The second-order valence-electron chi connectivity index (χ2n) is 8.92. The summed E-state index contributed by atoms with van der Waals surface area (Å²) in [4.78, 5) is 15.0. The monoisotopic (exact) mass is 495 g/mol. The highest BCUT2D eigenvalue weighted by atomic mass is 32.2. The molecule has 0 bridgehead atoms. The second kappa shape index (κ2) is 11.5. The molecule has 0 saturated heterocycles. The predicted molar refractivity (Wildman–Crippen MR) is 139 cm³/mol. The van der Waals surface area contributed by atoms with Crippen LogP contribution in [0.3, 0.4) is 0 Å². The molecule has 3 aromatic rings. The van der Waals surface area contributed by atoms with Gasteiger partial charge in [-0.15, -0.1) is 0 Å². The lowest BCUT2D eigenvalue weighted by atomic mass is 9.98. The van der Waals surface area contributed by atoms with Gasteiger partial charge in [0.25, 0.3) is 5.91 Å². The number of methoxy groups -OCH3 is 1. The molecule has 2 N–H and O–H groups in total. The van der Waals surface area contributed by atoms with Crippen LogP contribution in [0.2, 0.25) is 0 Å². The molecule has 1 amide bonds. The molecule has 0 spiro atoms. The van der Waals surface area contributed by atoms with E-state index in [1.807, 2.05) is 38.4 Å². The Morgan fingerprint density at radius 1 is 1.00 bits per heavy atom. The Hall–Kier alpha value is -3.20. The number of rotatable bonds is 10. The van der Waals surface area contributed by atoms with Gasteiger partial charge in [0, 0.05) is 24.7 Å². The number of ether oxygens (including phenoxy) is 1. The van der Waals surface area contributed by atoms with E-state index in [1.54, 1.807) is 19.9 Å². The zero-order valence-corrected chi connectivity index (χ0v) is 21.6. The largest absolute Gasteiger partial charge is 0.495 e. The van der Waals surface area contributed by atoms with Crippen molar-refractivity contribution in [2.24, 2.45) is 0 Å². The van der Waals surface area contributed by atoms with Crippen LogP contribution in [0.1, 0.15) is 35.3 Å². The smallest absolute Gasteiger partial charge is 0.251 e. The zero-order valence-electron chi connectivity index (χ0n) is 20.8. The van der Waals surface area contributed by atoms with Gasteiger partial charge in [0.2, 0.25) is 10.0 Å². The summed E-state index contributed by atoms with van der Waals surface area (Å²) in [5.41, 5.74) is 4.52. The van der Waals surface area contributed by atoms with Gasteiger partial charge in [0.1, 0.15) is 10.6 Å². The third kappa shape index (κ3) is 6.91. The fourth-order valence-corrected chi connectivity index (χ4v) is 5.24. The van der Waals surface area contributed by atoms with Gasteiger partial charge in [-0.25, -0.2) is 13.1 Å². The van der Waals surface area contributed by atoms with Gasteiger partial charge in [0.05, 0.1) is 7.11 Å². The average molecular weight is 496 g/mol. The van der Waals surface area contributed by atoms with Gasteiger partial charge in [-0.3, -0.25) is 4.79 Å². The first kappa shape index (κ1) is 26.4. The Labute approximate surface area is 208 Å². The van der Waals surface area contributed by atoms with Gasteiger partial charge in [-0.1, -0.05) is 48.5 Å². The van der Waals surface area contributed by atoms with Crippen molar-refractivity contribution in [1.82, 2.24) is 14.9 Å². The number of nitrogens with zero attached hydrogens (tertiary/aromatic N) is 1. The van der Waals surface area contributed by atoms with Crippen LogP contribution in [0.25, 0.3) is 11.1 Å². The van der Waals surface area contributed by atoms with Crippen molar-refractivity contribution in [3.63, 3.8) is 0 Å². The molecular weight excluding hydrogens is 462 g/mol. The molecule has 0 fully saturated rings. The Morgan fingerprint density at radius 2 is 1.69 bits per heavy atom. The Bertz CT molecular complexity index is 1270. The first-order valence-corrected chi connectivity index (χ1v) is 12.9. The lowest BCUT2D eigenvalue weighted by Gasteiger charge is -2.15. The van der Waals surface area contributed by atoms with Crippen LogP contribution in [0, 0.1) is 0 Å². The van der Waals surface area contributed by atoms with Gasteiger partial charge >= 0.3 is 0 Å². The van der Waals surface area contributed by atoms with E-state index in [2.05, 4.69) is 39.2 Å². The number of carbonyl (C=O) groups excluding carboxylic acids is 1. The minimum Gasteiger partial charge on any atom is -0.495 e. The highest BCUT2D eigenvalue weighted by Crippen LogP contribution is 2.26. The highest BCUT2D eigenvalue weighted by molar-refractivity contribution is 7.89. The first-order chi connectivity index (χ1) is 16.6. The fraction of sp³-hybridized carbons (Fsp3) is 0.296. The molecule has 35 heavy (non-hydrogen) atoms. The zero-order chi connectivity index (χ0) is 25.6. The summed E-state index contributed by atoms with van der Waals surface area (Å²) in [6.07, 6.45) is 0. The van der Waals surface area contributed by atoms with Crippen molar-refractivity contribution in [3.05, 3.63) is 83.4 Å². The van der Waals surface area contributed by atoms with Crippen molar-refractivity contribution in [2.75, 3.05) is 21.2 Å². The molecule has 0 heterocycles. The molecule has 0 aliphatic carbocycles. The topological polar surface area (TPSA) is 87.7 Å². The summed E-state index contributed by atoms with van der Waals surface area (Å²) in [7, 11) is 1.63. The van der Waals surface area contributed by atoms with Gasteiger partial charge in [-0.2, -0.15) is 0 Å². The normalized spacial score (nSPS) is 11.6. The average Bonchev–Trinajstić information content (AvgIpc) is 2.81. The molecule has 0 aromatic heterocycles. The van der Waals surface area contributed by atoms with E-state index in [9.17, 15) is 13.2 Å². The number of hydrogen-bond donors (Lipinski definition) is 2. The summed E-state index contributed by atoms with van der Waals surface area (Å²) in [5, 5.41) is 2.92. The highest BCUT2D eigenvalue weighted by Gasteiger charge is 2.22. The van der Waals surface area contributed by atoms with Gasteiger partial charge in [0.15, 0.2) is 0 Å². The van der Waals surface area contributed by atoms with Crippen LogP contribution in [0.4, 0.5) is 0 Å². The molecule has 0 radical (unpaired) electrons. The van der Waals surface area contributed by atoms with Crippen molar-refractivity contribution in [1.29, 1.82) is 0 Å². The molecule has 8 heteroatoms. The lowest BCUT2D eigenvalue weighted by Crippen LogP contribution is -2.31. The Morgan fingerprint density at radius 3 is 2.31 bits per heavy atom. The van der Waals surface area contributed by atoms with Crippen molar-refractivity contribution in [2.45, 2.75) is 37.9 Å². The third-order valence-electron chi connectivity index (χ3n) is 5.33. The van der Waals surface area contributed by atoms with E-state index < -0.39 is 10.0 Å². The van der Waals surface area contributed by atoms with E-state index in [0.29, 0.717) is 6.54 Å². The standard InChI is InChI=1S/C27H33N3O4S/c1-19(2)29-35(32,33)26-16-22(14-15-25(26)34-5)27(31)28-17-23-8-6-7-9-24(23)21-12-10-20(11-13-21)18-30(3)4/h6-16,19,29H,17-18H2,1-5H3,(H,28,31). The summed E-state index contributed by atoms with van der Waals surface area (Å²) >= 11 is 0. The second-order valence-corrected chi connectivity index (χ2v) is 10.6. The number of amides is 1. The van der Waals surface area contributed by atoms with E-state index in [4.69, 9.17) is 4.74 Å². The molecule has 0 aliphatic heterocycles. The lowest BCUT2D eigenvalue weighted by molar-refractivity contribution is 0.0950. The minimum atomic E-state index is -3.84. The maximum absolute atomic E-state index is 12.9. The summed E-state index contributed by atoms with van der Waals surface area (Å²) in [6.45, 7) is 4.62. The van der Waals surface area contributed by atoms with Crippen molar-refractivity contribution in [3.8, 4) is 16.9 Å². The quantitative estimate of drug-likeness (QED) is 0.443. The van der Waals surface area contributed by atoms with Gasteiger partial charge in [-0.05, 0) is 68.4 Å². The fourth-order valence-electron chi connectivity index (χ4n) is 3.79.